The number of ether oxygens (including phenoxy) is 1. The van der Waals surface area contributed by atoms with E-state index in [0.717, 1.165) is 0 Å². The summed E-state index contributed by atoms with van der Waals surface area (Å²) in [5.41, 5.74) is 0.848. The number of carbonyl (C=O) groups excluding carboxylic acids is 2. The number of rotatable bonds is 4. The van der Waals surface area contributed by atoms with Crippen LogP contribution in [0.4, 0.5) is 0 Å². The monoisotopic (exact) mass is 440 g/mol. The van der Waals surface area contributed by atoms with E-state index in [1.165, 1.54) is 6.07 Å². The van der Waals surface area contributed by atoms with Gasteiger partial charge in [0, 0.05) is 5.92 Å². The van der Waals surface area contributed by atoms with Gasteiger partial charge in [-0.05, 0) is 34.5 Å². The summed E-state index contributed by atoms with van der Waals surface area (Å²) in [6, 6.07) is 1.54. The van der Waals surface area contributed by atoms with Crippen molar-refractivity contribution in [1.29, 1.82) is 0 Å². The number of ketones is 1. The van der Waals surface area contributed by atoms with Crippen molar-refractivity contribution in [3.63, 3.8) is 0 Å². The number of hydrogen-bond acceptors (Lipinski definition) is 4. The van der Waals surface area contributed by atoms with E-state index in [0.29, 0.717) is 5.56 Å². The number of aryl methyl sites for hydroxylation is 1. The Morgan fingerprint density at radius 2 is 2.05 bits per heavy atom. The Hall–Kier alpha value is -0.630. The topological polar surface area (TPSA) is 63.6 Å². The molecule has 1 aromatic carbocycles. The fourth-order valence-corrected chi connectivity index (χ4v) is 2.28. The molecule has 0 spiro atoms. The van der Waals surface area contributed by atoms with Crippen LogP contribution in [0.3, 0.4) is 0 Å². The number of alkyl halides is 1. The number of phenolic OH excluding ortho intramolecular Hbond substituents is 1. The average molecular weight is 441 g/mol. The molecule has 0 atom stereocenters. The van der Waals surface area contributed by atoms with Crippen LogP contribution in [0.15, 0.2) is 10.5 Å². The van der Waals surface area contributed by atoms with Crippen molar-refractivity contribution in [2.45, 2.75) is 20.8 Å². The SMILES string of the molecule is Cc1cc(C(=O)C(C)C)c(O)c(Br)c1OC(=O)CI. The molecule has 1 N–H and O–H groups in total. The molecular weight excluding hydrogens is 427 g/mol. The number of benzene rings is 1. The molecule has 4 nitrogen and oxygen atoms in total. The van der Waals surface area contributed by atoms with E-state index in [4.69, 9.17) is 4.74 Å². The zero-order chi connectivity index (χ0) is 14.7. The highest BCUT2D eigenvalue weighted by Crippen LogP contribution is 2.40. The molecule has 0 aliphatic heterocycles. The Balaban J connectivity index is 3.31. The third-order valence-corrected chi connectivity index (χ3v) is 3.85. The largest absolute Gasteiger partial charge is 0.506 e. The van der Waals surface area contributed by atoms with Gasteiger partial charge in [-0.15, -0.1) is 0 Å². The van der Waals surface area contributed by atoms with Gasteiger partial charge < -0.3 is 9.84 Å². The average Bonchev–Trinajstić information content (AvgIpc) is 2.37. The second-order valence-corrected chi connectivity index (χ2v) is 5.92. The third-order valence-electron chi connectivity index (χ3n) is 2.50. The first-order chi connectivity index (χ1) is 8.79. The van der Waals surface area contributed by atoms with E-state index in [-0.39, 0.29) is 37.7 Å². The molecule has 0 fully saturated rings. The second-order valence-electron chi connectivity index (χ2n) is 4.36. The quantitative estimate of drug-likeness (QED) is 0.255. The van der Waals surface area contributed by atoms with Gasteiger partial charge >= 0.3 is 5.97 Å². The maximum atomic E-state index is 12.0. The summed E-state index contributed by atoms with van der Waals surface area (Å²) in [5.74, 6) is -0.736. The van der Waals surface area contributed by atoms with Gasteiger partial charge in [-0.25, -0.2) is 0 Å². The Morgan fingerprint density at radius 1 is 1.47 bits per heavy atom. The molecular formula is C13H14BrIO4. The smallest absolute Gasteiger partial charge is 0.321 e. The number of esters is 1. The molecule has 0 aliphatic rings. The Labute approximate surface area is 133 Å². The maximum Gasteiger partial charge on any atom is 0.321 e. The van der Waals surface area contributed by atoms with Crippen molar-refractivity contribution >= 4 is 50.3 Å². The second kappa shape index (κ2) is 6.69. The fraction of sp³-hybridized carbons (Fsp3) is 0.385. The van der Waals surface area contributed by atoms with E-state index in [1.54, 1.807) is 20.8 Å². The van der Waals surface area contributed by atoms with Gasteiger partial charge in [0.05, 0.1) is 9.99 Å². The van der Waals surface area contributed by atoms with Crippen LogP contribution in [0.2, 0.25) is 0 Å². The number of phenols is 1. The van der Waals surface area contributed by atoms with Gasteiger partial charge in [0.25, 0.3) is 0 Å². The molecule has 0 aromatic heterocycles. The van der Waals surface area contributed by atoms with Crippen molar-refractivity contribution in [1.82, 2.24) is 0 Å². The summed E-state index contributed by atoms with van der Waals surface area (Å²) >= 11 is 5.07. The van der Waals surface area contributed by atoms with Gasteiger partial charge in [0.1, 0.15) is 10.2 Å². The van der Waals surface area contributed by atoms with E-state index < -0.39 is 5.97 Å². The third kappa shape index (κ3) is 3.68. The summed E-state index contributed by atoms with van der Waals surface area (Å²) in [6.45, 7) is 5.24. The standard InChI is InChI=1S/C13H14BrIO4/c1-6(2)11(17)8-4-7(3)13(10(14)12(8)18)19-9(16)5-15/h4,6,18H,5H2,1-3H3. The predicted molar refractivity (Wildman–Crippen MR) is 84.2 cm³/mol. The summed E-state index contributed by atoms with van der Waals surface area (Å²) < 4.78 is 5.57. The molecule has 0 heterocycles. The van der Waals surface area contributed by atoms with Crippen LogP contribution in [-0.2, 0) is 4.79 Å². The lowest BCUT2D eigenvalue weighted by molar-refractivity contribution is -0.131. The minimum absolute atomic E-state index is 0.159. The minimum atomic E-state index is -0.410. The van der Waals surface area contributed by atoms with Crippen molar-refractivity contribution < 1.29 is 19.4 Å². The van der Waals surface area contributed by atoms with E-state index in [2.05, 4.69) is 15.9 Å². The summed E-state index contributed by atoms with van der Waals surface area (Å²) in [4.78, 5) is 23.3. The van der Waals surface area contributed by atoms with Crippen LogP contribution in [0.5, 0.6) is 11.5 Å². The van der Waals surface area contributed by atoms with Gasteiger partial charge in [-0.3, -0.25) is 9.59 Å². The van der Waals surface area contributed by atoms with E-state index in [1.807, 2.05) is 22.6 Å². The lowest BCUT2D eigenvalue weighted by atomic mass is 9.98. The molecule has 1 rings (SSSR count). The molecule has 0 unspecified atom stereocenters. The Kier molecular flexibility index (Phi) is 5.79. The lowest BCUT2D eigenvalue weighted by Gasteiger charge is -2.14. The van der Waals surface area contributed by atoms with E-state index >= 15 is 0 Å². The number of aromatic hydroxyl groups is 1. The molecule has 0 saturated carbocycles. The van der Waals surface area contributed by atoms with Gasteiger partial charge in [0.15, 0.2) is 11.5 Å². The first-order valence-electron chi connectivity index (χ1n) is 5.62. The highest BCUT2D eigenvalue weighted by Gasteiger charge is 2.22. The first-order valence-corrected chi connectivity index (χ1v) is 7.94. The summed E-state index contributed by atoms with van der Waals surface area (Å²) in [5, 5.41) is 10.0. The number of halogens is 2. The molecule has 1 aromatic rings. The number of hydrogen-bond donors (Lipinski definition) is 1. The Bertz CT molecular complexity index is 526. The van der Waals surface area contributed by atoms with Gasteiger partial charge in [0.2, 0.25) is 0 Å². The van der Waals surface area contributed by atoms with Crippen LogP contribution in [0, 0.1) is 12.8 Å². The molecule has 0 saturated heterocycles. The normalized spacial score (nSPS) is 10.6. The minimum Gasteiger partial charge on any atom is -0.506 e. The van der Waals surface area contributed by atoms with Gasteiger partial charge in [-0.2, -0.15) is 0 Å². The highest BCUT2D eigenvalue weighted by atomic mass is 127. The zero-order valence-electron chi connectivity index (χ0n) is 10.8. The maximum absolute atomic E-state index is 12.0. The number of Topliss-reactive ketones (excluding diaryl/α,β-unsaturated/α-hetero) is 1. The molecule has 0 bridgehead atoms. The van der Waals surface area contributed by atoms with Crippen molar-refractivity contribution in [3.05, 3.63) is 21.7 Å². The number of carbonyl (C=O) groups is 2. The molecule has 104 valence electrons. The predicted octanol–water partition coefficient (Wildman–Crippen LogP) is 3.64. The van der Waals surface area contributed by atoms with Crippen LogP contribution in [0.25, 0.3) is 0 Å². The van der Waals surface area contributed by atoms with Crippen molar-refractivity contribution in [3.8, 4) is 11.5 Å². The highest BCUT2D eigenvalue weighted by molar-refractivity contribution is 14.1. The van der Waals surface area contributed by atoms with Crippen molar-refractivity contribution in [2.75, 3.05) is 4.43 Å². The van der Waals surface area contributed by atoms with Gasteiger partial charge in [-0.1, -0.05) is 36.4 Å². The van der Waals surface area contributed by atoms with Crippen LogP contribution in [0.1, 0.15) is 29.8 Å². The Morgan fingerprint density at radius 3 is 2.53 bits per heavy atom. The molecule has 0 amide bonds. The lowest BCUT2D eigenvalue weighted by Crippen LogP contribution is -2.12. The molecule has 0 aliphatic carbocycles. The zero-order valence-corrected chi connectivity index (χ0v) is 14.5. The van der Waals surface area contributed by atoms with E-state index in [9.17, 15) is 14.7 Å². The first kappa shape index (κ1) is 16.4. The van der Waals surface area contributed by atoms with Crippen LogP contribution in [-0.4, -0.2) is 21.3 Å². The molecule has 19 heavy (non-hydrogen) atoms. The summed E-state index contributed by atoms with van der Waals surface area (Å²) in [7, 11) is 0. The summed E-state index contributed by atoms with van der Waals surface area (Å²) in [6.07, 6.45) is 0. The van der Waals surface area contributed by atoms with Crippen LogP contribution < -0.4 is 4.74 Å². The van der Waals surface area contributed by atoms with Crippen molar-refractivity contribution in [2.24, 2.45) is 5.92 Å². The molecule has 0 radical (unpaired) electrons. The fourth-order valence-electron chi connectivity index (χ4n) is 1.51. The molecule has 6 heteroatoms. The van der Waals surface area contributed by atoms with Crippen LogP contribution >= 0.6 is 38.5 Å².